The molecular formula is C35H44BN6O5Si. The van der Waals surface area contributed by atoms with E-state index in [0.29, 0.717) is 66.3 Å². The third-order valence-corrected chi connectivity index (χ3v) is 14.2. The predicted octanol–water partition coefficient (Wildman–Crippen LogP) is 5.59. The van der Waals surface area contributed by atoms with Crippen LogP contribution in [0.5, 0.6) is 5.75 Å². The Balaban J connectivity index is 1.43. The Hall–Kier alpha value is -4.25. The number of nitrogens with one attached hydrogen (secondary N) is 2. The Morgan fingerprint density at radius 2 is 1.98 bits per heavy atom. The molecule has 2 aliphatic heterocycles. The van der Waals surface area contributed by atoms with Crippen LogP contribution in [0.15, 0.2) is 42.6 Å². The lowest BCUT2D eigenvalue weighted by atomic mass is 9.83. The Labute approximate surface area is 284 Å². The highest BCUT2D eigenvalue weighted by Gasteiger charge is 2.44. The third kappa shape index (κ3) is 7.41. The van der Waals surface area contributed by atoms with Crippen molar-refractivity contribution >= 4 is 45.1 Å². The van der Waals surface area contributed by atoms with Crippen LogP contribution in [0.4, 0.5) is 17.3 Å². The Morgan fingerprint density at radius 1 is 1.23 bits per heavy atom. The maximum atomic E-state index is 12.9. The molecule has 2 N–H and O–H groups in total. The van der Waals surface area contributed by atoms with Crippen LogP contribution in [0.2, 0.25) is 18.1 Å². The van der Waals surface area contributed by atoms with Gasteiger partial charge in [0.05, 0.1) is 24.1 Å². The zero-order chi connectivity index (χ0) is 34.7. The summed E-state index contributed by atoms with van der Waals surface area (Å²) in [6.45, 7) is 15.4. The van der Waals surface area contributed by atoms with Gasteiger partial charge in [-0.2, -0.15) is 5.26 Å². The Bertz CT molecular complexity index is 1720. The van der Waals surface area contributed by atoms with E-state index in [0.717, 1.165) is 30.2 Å². The van der Waals surface area contributed by atoms with Gasteiger partial charge in [-0.15, -0.1) is 0 Å². The first-order valence-corrected chi connectivity index (χ1v) is 19.1. The van der Waals surface area contributed by atoms with Crippen LogP contribution in [0.1, 0.15) is 62.0 Å². The average Bonchev–Trinajstić information content (AvgIpc) is 3.35. The van der Waals surface area contributed by atoms with E-state index in [-0.39, 0.29) is 17.0 Å². The molecule has 1 amide bonds. The highest BCUT2D eigenvalue weighted by Crippen LogP contribution is 2.46. The summed E-state index contributed by atoms with van der Waals surface area (Å²) in [5.74, 6) is 0.627. The number of rotatable bonds is 11. The molecule has 0 aliphatic carbocycles. The van der Waals surface area contributed by atoms with Crippen LogP contribution in [0, 0.1) is 11.3 Å². The molecule has 0 saturated carbocycles. The molecule has 1 saturated heterocycles. The maximum absolute atomic E-state index is 12.9. The second kappa shape index (κ2) is 14.1. The molecule has 3 heterocycles. The van der Waals surface area contributed by atoms with Crippen molar-refractivity contribution in [3.05, 3.63) is 59.3 Å². The van der Waals surface area contributed by atoms with Crippen LogP contribution in [0.25, 0.3) is 11.3 Å². The summed E-state index contributed by atoms with van der Waals surface area (Å²) in [6.07, 6.45) is 3.98. The van der Waals surface area contributed by atoms with E-state index in [1.54, 1.807) is 43.6 Å². The number of anilines is 3. The summed E-state index contributed by atoms with van der Waals surface area (Å²) < 4.78 is 17.7. The van der Waals surface area contributed by atoms with Crippen molar-refractivity contribution in [1.82, 2.24) is 15.3 Å². The van der Waals surface area contributed by atoms with E-state index in [1.165, 1.54) is 7.41 Å². The zero-order valence-electron chi connectivity index (χ0n) is 28.8. The molecule has 1 atom stereocenters. The molecule has 2 aromatic carbocycles. The van der Waals surface area contributed by atoms with Crippen LogP contribution in [-0.4, -0.2) is 77.3 Å². The molecule has 0 spiro atoms. The summed E-state index contributed by atoms with van der Waals surface area (Å²) in [4.78, 5) is 35.6. The zero-order valence-corrected chi connectivity index (χ0v) is 29.8. The molecule has 1 unspecified atom stereocenters. The van der Waals surface area contributed by atoms with E-state index in [4.69, 9.17) is 18.9 Å². The topological polar surface area (TPSA) is 139 Å². The van der Waals surface area contributed by atoms with Gasteiger partial charge in [-0.3, -0.25) is 4.79 Å². The molecule has 48 heavy (non-hydrogen) atoms. The number of nitriles is 1. The molecular weight excluding hydrogens is 623 g/mol. The molecule has 11 nitrogen and oxygen atoms in total. The fraction of sp³-hybridized carbons (Fsp3) is 0.457. The molecule has 1 aromatic heterocycles. The smallest absolute Gasteiger partial charge is 0.329 e. The summed E-state index contributed by atoms with van der Waals surface area (Å²) >= 11 is 0. The summed E-state index contributed by atoms with van der Waals surface area (Å²) in [5, 5.41) is 16.6. The molecule has 1 radical (unpaired) electrons. The predicted molar refractivity (Wildman–Crippen MR) is 190 cm³/mol. The first-order valence-electron chi connectivity index (χ1n) is 16.2. The number of nitrogens with zero attached hydrogens (tertiary/aromatic N) is 4. The summed E-state index contributed by atoms with van der Waals surface area (Å²) in [7, 11) is 0.945. The number of methoxy groups -OCH3 is 1. The normalized spacial score (nSPS) is 18.1. The molecule has 2 aliphatic rings. The number of benzene rings is 2. The summed E-state index contributed by atoms with van der Waals surface area (Å²) in [5.41, 5.74) is 4.05. The van der Waals surface area contributed by atoms with Crippen LogP contribution < -0.4 is 20.2 Å². The van der Waals surface area contributed by atoms with Crippen molar-refractivity contribution in [3.8, 4) is 23.1 Å². The molecule has 13 heteroatoms. The van der Waals surface area contributed by atoms with Gasteiger partial charge in [-0.25, -0.2) is 9.97 Å². The van der Waals surface area contributed by atoms with Gasteiger partial charge < -0.3 is 34.1 Å². The Morgan fingerprint density at radius 3 is 2.65 bits per heavy atom. The fourth-order valence-electron chi connectivity index (χ4n) is 5.80. The number of hydrogen-bond donors (Lipinski definition) is 2. The number of amides is 1. The van der Waals surface area contributed by atoms with Crippen molar-refractivity contribution < 1.29 is 23.5 Å². The van der Waals surface area contributed by atoms with Gasteiger partial charge in [0.15, 0.2) is 8.32 Å². The van der Waals surface area contributed by atoms with Gasteiger partial charge in [0, 0.05) is 60.8 Å². The highest BCUT2D eigenvalue weighted by molar-refractivity contribution is 6.74. The fourth-order valence-corrected chi connectivity index (χ4v) is 6.92. The number of aromatic nitrogens is 2. The van der Waals surface area contributed by atoms with Gasteiger partial charge in [0.1, 0.15) is 18.0 Å². The van der Waals surface area contributed by atoms with Gasteiger partial charge in [-0.05, 0) is 72.9 Å². The lowest BCUT2D eigenvalue weighted by Crippen LogP contribution is -2.46. The van der Waals surface area contributed by atoms with E-state index in [2.05, 4.69) is 62.5 Å². The molecule has 5 rings (SSSR count). The SMILES string of the molecule is COc1cc(C(=O)NC2CCOCC2)ccc1Nc1nccc(-c2cc(C#N)c3c(c2)C(C)(CO[Si](C)(C)C(C)(C)C)CN3[B]C=O)n1. The monoisotopic (exact) mass is 667 g/mol. The van der Waals surface area contributed by atoms with Crippen molar-refractivity contribution in [2.24, 2.45) is 0 Å². The second-order valence-corrected chi connectivity index (χ2v) is 19.0. The van der Waals surface area contributed by atoms with Crippen molar-refractivity contribution in [2.45, 2.75) is 70.1 Å². The number of fused-ring (bicyclic) bond motifs is 1. The van der Waals surface area contributed by atoms with E-state index in [1.807, 2.05) is 10.9 Å². The molecule has 3 aromatic rings. The molecule has 0 bridgehead atoms. The highest BCUT2D eigenvalue weighted by atomic mass is 28.4. The van der Waals surface area contributed by atoms with Crippen LogP contribution in [-0.2, 0) is 19.4 Å². The van der Waals surface area contributed by atoms with Gasteiger partial charge >= 0.3 is 7.41 Å². The average molecular weight is 668 g/mol. The lowest BCUT2D eigenvalue weighted by molar-refractivity contribution is 0.0696. The minimum absolute atomic E-state index is 0.0314. The first kappa shape index (κ1) is 35.1. The molecule has 251 valence electrons. The lowest BCUT2D eigenvalue weighted by Gasteiger charge is -2.39. The van der Waals surface area contributed by atoms with Crippen molar-refractivity contribution in [3.63, 3.8) is 0 Å². The largest absolute Gasteiger partial charge is 0.495 e. The minimum atomic E-state index is -2.08. The number of carbonyl (C=O) groups excluding carboxylic acids is 2. The summed E-state index contributed by atoms with van der Waals surface area (Å²) in [6, 6.07) is 13.3. The maximum Gasteiger partial charge on any atom is 0.329 e. The van der Waals surface area contributed by atoms with Crippen LogP contribution in [0.3, 0.4) is 0 Å². The van der Waals surface area contributed by atoms with E-state index in [9.17, 15) is 14.9 Å². The van der Waals surface area contributed by atoms with Crippen LogP contribution >= 0.6 is 0 Å². The van der Waals surface area contributed by atoms with Gasteiger partial charge in [0.2, 0.25) is 5.95 Å². The third-order valence-electron chi connectivity index (χ3n) is 9.70. The minimum Gasteiger partial charge on any atom is -0.495 e. The van der Waals surface area contributed by atoms with Gasteiger partial charge in [0.25, 0.3) is 5.91 Å². The van der Waals surface area contributed by atoms with E-state index >= 15 is 0 Å². The Kier molecular flexibility index (Phi) is 10.3. The van der Waals surface area contributed by atoms with E-state index < -0.39 is 13.7 Å². The van der Waals surface area contributed by atoms with Crippen molar-refractivity contribution in [1.29, 1.82) is 5.26 Å². The van der Waals surface area contributed by atoms with Crippen molar-refractivity contribution in [2.75, 3.05) is 43.6 Å². The molecule has 1 fully saturated rings. The number of carbonyl (C=O) groups is 2. The first-order chi connectivity index (χ1) is 22.8. The number of hydrogen-bond acceptors (Lipinski definition) is 10. The quantitative estimate of drug-likeness (QED) is 0.197. The standard InChI is InChI=1S/C35H44BN6O5Si/c1-34(2,3)48(6,7)47-21-35(4)20-42(36-22-43)31-25(19-37)16-24(17-27(31)35)28-10-13-38-33(40-28)41-29-9-8-23(18-30(29)45-5)32(44)39-26-11-14-46-15-12-26/h8-10,13,16-18,22,26H,11-12,14-15,20-21H2,1-7H3,(H,39,44)(H,38,40,41). The second-order valence-electron chi connectivity index (χ2n) is 14.2. The number of ether oxygens (including phenoxy) is 2. The van der Waals surface area contributed by atoms with Gasteiger partial charge in [-0.1, -0.05) is 27.7 Å².